The monoisotopic (exact) mass is 214 g/mol. The zero-order chi connectivity index (χ0) is 11.7. The van der Waals surface area contributed by atoms with Crippen molar-refractivity contribution in [2.24, 2.45) is 5.41 Å². The van der Waals surface area contributed by atoms with Crippen LogP contribution in [-0.4, -0.2) is 23.4 Å². The molecule has 0 radical (unpaired) electrons. The van der Waals surface area contributed by atoms with Crippen molar-refractivity contribution in [2.45, 2.75) is 26.2 Å². The van der Waals surface area contributed by atoms with E-state index in [4.69, 9.17) is 5.11 Å². The van der Waals surface area contributed by atoms with Gasteiger partial charge in [0, 0.05) is 5.57 Å². The van der Waals surface area contributed by atoms with Crippen LogP contribution < -0.4 is 0 Å². The molecule has 6 heteroatoms. The van der Waals surface area contributed by atoms with E-state index in [0.29, 0.717) is 0 Å². The lowest BCUT2D eigenvalue weighted by atomic mass is 9.79. The van der Waals surface area contributed by atoms with Crippen molar-refractivity contribution in [1.82, 2.24) is 0 Å². The molecular formula is C8H10F4O2. The fraction of sp³-hybridized carbons (Fsp3) is 0.625. The Bertz CT molecular complexity index is 258. The van der Waals surface area contributed by atoms with Gasteiger partial charge in [0.2, 0.25) is 0 Å². The van der Waals surface area contributed by atoms with Crippen molar-refractivity contribution >= 4 is 5.97 Å². The Labute approximate surface area is 78.2 Å². The van der Waals surface area contributed by atoms with E-state index in [9.17, 15) is 22.4 Å². The lowest BCUT2D eigenvalue weighted by Crippen LogP contribution is -2.45. The van der Waals surface area contributed by atoms with Crippen molar-refractivity contribution in [1.29, 1.82) is 0 Å². The Morgan fingerprint density at radius 3 is 1.93 bits per heavy atom. The van der Waals surface area contributed by atoms with Gasteiger partial charge in [0.15, 0.2) is 0 Å². The third kappa shape index (κ3) is 1.88. The third-order valence-corrected chi connectivity index (χ3v) is 2.12. The lowest BCUT2D eigenvalue weighted by Gasteiger charge is -2.33. The Morgan fingerprint density at radius 1 is 1.36 bits per heavy atom. The summed E-state index contributed by atoms with van der Waals surface area (Å²) in [4.78, 5) is 10.3. The van der Waals surface area contributed by atoms with Crippen LogP contribution in [0, 0.1) is 5.41 Å². The lowest BCUT2D eigenvalue weighted by molar-refractivity contribution is -0.187. The zero-order valence-corrected chi connectivity index (χ0v) is 7.65. The first-order valence-electron chi connectivity index (χ1n) is 3.63. The van der Waals surface area contributed by atoms with Crippen LogP contribution in [0.1, 0.15) is 13.8 Å². The number of carboxylic acids is 1. The molecule has 1 N–H and O–H groups in total. The van der Waals surface area contributed by atoms with E-state index < -0.39 is 29.3 Å². The molecule has 0 aliphatic heterocycles. The molecular weight excluding hydrogens is 204 g/mol. The van der Waals surface area contributed by atoms with Gasteiger partial charge in [-0.2, -0.15) is 8.78 Å². The van der Waals surface area contributed by atoms with E-state index in [-0.39, 0.29) is 0 Å². The number of carboxylic acid groups (broad SMARTS) is 1. The Balaban J connectivity index is 5.14. The smallest absolute Gasteiger partial charge is 0.331 e. The van der Waals surface area contributed by atoms with Crippen LogP contribution in [-0.2, 0) is 4.79 Å². The Morgan fingerprint density at radius 2 is 1.71 bits per heavy atom. The van der Waals surface area contributed by atoms with Gasteiger partial charge in [0.25, 0.3) is 0 Å². The number of aliphatic carboxylic acids is 1. The van der Waals surface area contributed by atoms with Gasteiger partial charge in [-0.25, -0.2) is 13.6 Å². The van der Waals surface area contributed by atoms with E-state index >= 15 is 0 Å². The standard InChI is InChI=1S/C8H10F4O2/c1-4(5(13)14)7(2,3)8(11,12)6(9)10/h6H,1H2,2-3H3,(H,13,14). The predicted molar refractivity (Wildman–Crippen MR) is 41.5 cm³/mol. The molecule has 0 amide bonds. The minimum absolute atomic E-state index is 0.718. The van der Waals surface area contributed by atoms with Gasteiger partial charge in [0.05, 0.1) is 5.41 Å². The number of hydrogen-bond acceptors (Lipinski definition) is 1. The molecule has 0 aromatic heterocycles. The first kappa shape index (κ1) is 12.9. The summed E-state index contributed by atoms with van der Waals surface area (Å²) in [7, 11) is 0. The van der Waals surface area contributed by atoms with E-state index in [0.717, 1.165) is 13.8 Å². The molecule has 0 aromatic carbocycles. The molecule has 0 heterocycles. The Kier molecular flexibility index (Phi) is 3.31. The maximum absolute atomic E-state index is 12.9. The molecule has 0 aliphatic rings. The second-order valence-electron chi connectivity index (χ2n) is 3.33. The summed E-state index contributed by atoms with van der Waals surface area (Å²) in [6, 6.07) is 0. The summed E-state index contributed by atoms with van der Waals surface area (Å²) in [5, 5.41) is 8.38. The van der Waals surface area contributed by atoms with Crippen LogP contribution in [0.3, 0.4) is 0 Å². The van der Waals surface area contributed by atoms with E-state index in [2.05, 4.69) is 6.58 Å². The molecule has 0 bridgehead atoms. The summed E-state index contributed by atoms with van der Waals surface area (Å²) in [5.41, 5.74) is -3.42. The van der Waals surface area contributed by atoms with Crippen LogP contribution in [0.15, 0.2) is 12.2 Å². The SMILES string of the molecule is C=C(C(=O)O)C(C)(C)C(F)(F)C(F)F. The van der Waals surface area contributed by atoms with E-state index in [1.807, 2.05) is 0 Å². The molecule has 0 unspecified atom stereocenters. The quantitative estimate of drug-likeness (QED) is 0.576. The van der Waals surface area contributed by atoms with Gasteiger partial charge in [-0.3, -0.25) is 0 Å². The van der Waals surface area contributed by atoms with Gasteiger partial charge in [-0.1, -0.05) is 6.58 Å². The Hall–Kier alpha value is -1.07. The van der Waals surface area contributed by atoms with Gasteiger partial charge < -0.3 is 5.11 Å². The van der Waals surface area contributed by atoms with Crippen LogP contribution >= 0.6 is 0 Å². The fourth-order valence-electron chi connectivity index (χ4n) is 0.741. The highest BCUT2D eigenvalue weighted by Gasteiger charge is 2.57. The third-order valence-electron chi connectivity index (χ3n) is 2.12. The minimum atomic E-state index is -4.41. The second-order valence-corrected chi connectivity index (χ2v) is 3.33. The van der Waals surface area contributed by atoms with Crippen LogP contribution in [0.2, 0.25) is 0 Å². The molecule has 0 aromatic rings. The van der Waals surface area contributed by atoms with Gasteiger partial charge in [-0.15, -0.1) is 0 Å². The summed E-state index contributed by atoms with van der Waals surface area (Å²) in [6.45, 7) is 4.30. The van der Waals surface area contributed by atoms with Crippen LogP contribution in [0.5, 0.6) is 0 Å². The second kappa shape index (κ2) is 3.59. The number of hydrogen-bond donors (Lipinski definition) is 1. The molecule has 0 atom stereocenters. The highest BCUT2D eigenvalue weighted by atomic mass is 19.3. The molecule has 14 heavy (non-hydrogen) atoms. The summed E-state index contributed by atoms with van der Waals surface area (Å²) < 4.78 is 49.6. The van der Waals surface area contributed by atoms with Crippen molar-refractivity contribution in [3.05, 3.63) is 12.2 Å². The number of alkyl halides is 4. The minimum Gasteiger partial charge on any atom is -0.478 e. The van der Waals surface area contributed by atoms with E-state index in [1.165, 1.54) is 0 Å². The topological polar surface area (TPSA) is 37.3 Å². The number of rotatable bonds is 4. The molecule has 0 aliphatic carbocycles. The fourth-order valence-corrected chi connectivity index (χ4v) is 0.741. The predicted octanol–water partition coefficient (Wildman–Crippen LogP) is 2.55. The molecule has 0 rings (SSSR count). The zero-order valence-electron chi connectivity index (χ0n) is 7.65. The van der Waals surface area contributed by atoms with Gasteiger partial charge in [0.1, 0.15) is 0 Å². The molecule has 0 fully saturated rings. The molecule has 0 saturated carbocycles. The van der Waals surface area contributed by atoms with E-state index in [1.54, 1.807) is 0 Å². The largest absolute Gasteiger partial charge is 0.478 e. The first-order chi connectivity index (χ1) is 6.05. The highest BCUT2D eigenvalue weighted by molar-refractivity contribution is 5.87. The first-order valence-corrected chi connectivity index (χ1v) is 3.63. The van der Waals surface area contributed by atoms with Crippen molar-refractivity contribution in [3.63, 3.8) is 0 Å². The normalized spacial score (nSPS) is 13.1. The van der Waals surface area contributed by atoms with Crippen molar-refractivity contribution in [2.75, 3.05) is 0 Å². The highest BCUT2D eigenvalue weighted by Crippen LogP contribution is 2.45. The summed E-state index contributed by atoms with van der Waals surface area (Å²) in [6.07, 6.45) is -3.92. The van der Waals surface area contributed by atoms with Crippen LogP contribution in [0.4, 0.5) is 17.6 Å². The molecule has 0 spiro atoms. The molecule has 0 saturated heterocycles. The molecule has 82 valence electrons. The van der Waals surface area contributed by atoms with Gasteiger partial charge >= 0.3 is 18.3 Å². The number of halogens is 4. The number of carbonyl (C=O) groups is 1. The van der Waals surface area contributed by atoms with Crippen molar-refractivity contribution < 1.29 is 27.5 Å². The maximum atomic E-state index is 12.9. The molecule has 2 nitrogen and oxygen atoms in total. The van der Waals surface area contributed by atoms with Gasteiger partial charge in [-0.05, 0) is 13.8 Å². The van der Waals surface area contributed by atoms with Crippen molar-refractivity contribution in [3.8, 4) is 0 Å². The average Bonchev–Trinajstić information content (AvgIpc) is 2.01. The van der Waals surface area contributed by atoms with Crippen LogP contribution in [0.25, 0.3) is 0 Å². The summed E-state index contributed by atoms with van der Waals surface area (Å²) >= 11 is 0. The maximum Gasteiger partial charge on any atom is 0.331 e. The summed E-state index contributed by atoms with van der Waals surface area (Å²) in [5.74, 6) is -6.13. The average molecular weight is 214 g/mol.